The molecule has 0 bridgehead atoms. The molecule has 0 aromatic heterocycles. The van der Waals surface area contributed by atoms with Gasteiger partial charge in [-0.25, -0.2) is 4.79 Å². The van der Waals surface area contributed by atoms with E-state index in [-0.39, 0.29) is 6.03 Å². The molecule has 1 aliphatic rings. The van der Waals surface area contributed by atoms with Crippen LogP contribution in [0, 0.1) is 0 Å². The summed E-state index contributed by atoms with van der Waals surface area (Å²) in [6.07, 6.45) is 2.08. The lowest BCUT2D eigenvalue weighted by atomic mass is 10.3. The summed E-state index contributed by atoms with van der Waals surface area (Å²) >= 11 is 0. The van der Waals surface area contributed by atoms with Gasteiger partial charge in [0.05, 0.1) is 0 Å². The van der Waals surface area contributed by atoms with Crippen LogP contribution in [-0.2, 0) is 0 Å². The molecule has 2 amide bonds. The van der Waals surface area contributed by atoms with Gasteiger partial charge < -0.3 is 15.1 Å². The lowest BCUT2D eigenvalue weighted by Gasteiger charge is -2.33. The summed E-state index contributed by atoms with van der Waals surface area (Å²) in [6, 6.07) is 0.222. The summed E-state index contributed by atoms with van der Waals surface area (Å²) in [5.41, 5.74) is 0. The van der Waals surface area contributed by atoms with E-state index in [0.29, 0.717) is 0 Å². The second kappa shape index (κ2) is 6.67. The van der Waals surface area contributed by atoms with E-state index in [1.165, 1.54) is 0 Å². The van der Waals surface area contributed by atoms with Crippen molar-refractivity contribution in [1.82, 2.24) is 15.1 Å². The molecular formula is C11H23N3O. The molecule has 0 aliphatic carbocycles. The van der Waals surface area contributed by atoms with E-state index in [1.807, 2.05) is 9.80 Å². The third-order valence-electron chi connectivity index (χ3n) is 2.65. The van der Waals surface area contributed by atoms with Crippen molar-refractivity contribution in [2.45, 2.75) is 26.7 Å². The van der Waals surface area contributed by atoms with Gasteiger partial charge in [-0.2, -0.15) is 0 Å². The van der Waals surface area contributed by atoms with Gasteiger partial charge in [0, 0.05) is 39.3 Å². The molecule has 1 aliphatic heterocycles. The van der Waals surface area contributed by atoms with Crippen molar-refractivity contribution in [3.05, 3.63) is 0 Å². The Bertz CT molecular complexity index is 184. The maximum Gasteiger partial charge on any atom is 0.320 e. The molecule has 1 heterocycles. The van der Waals surface area contributed by atoms with Crippen molar-refractivity contribution in [3.63, 3.8) is 0 Å². The van der Waals surface area contributed by atoms with Gasteiger partial charge in [-0.15, -0.1) is 0 Å². The van der Waals surface area contributed by atoms with E-state index in [1.54, 1.807) is 0 Å². The average Bonchev–Trinajstić information content (AvgIpc) is 2.29. The number of amides is 2. The molecule has 0 spiro atoms. The van der Waals surface area contributed by atoms with Crippen LogP contribution in [0.1, 0.15) is 26.7 Å². The predicted octanol–water partition coefficient (Wildman–Crippen LogP) is 1.13. The first-order chi connectivity index (χ1) is 7.29. The molecule has 0 atom stereocenters. The monoisotopic (exact) mass is 213 g/mol. The van der Waals surface area contributed by atoms with Crippen LogP contribution in [0.3, 0.4) is 0 Å². The zero-order chi connectivity index (χ0) is 11.1. The van der Waals surface area contributed by atoms with Gasteiger partial charge in [0.2, 0.25) is 0 Å². The summed E-state index contributed by atoms with van der Waals surface area (Å²) in [6.45, 7) is 9.57. The number of hydrogen-bond donors (Lipinski definition) is 1. The summed E-state index contributed by atoms with van der Waals surface area (Å²) < 4.78 is 0. The van der Waals surface area contributed by atoms with Crippen LogP contribution in [-0.4, -0.2) is 55.1 Å². The number of urea groups is 1. The lowest BCUT2D eigenvalue weighted by molar-refractivity contribution is 0.146. The Balaban J connectivity index is 2.45. The zero-order valence-corrected chi connectivity index (χ0v) is 9.96. The molecule has 0 aromatic rings. The van der Waals surface area contributed by atoms with Crippen molar-refractivity contribution in [3.8, 4) is 0 Å². The number of hydrogen-bond acceptors (Lipinski definition) is 2. The Labute approximate surface area is 92.6 Å². The van der Waals surface area contributed by atoms with Crippen LogP contribution in [0.4, 0.5) is 4.79 Å². The van der Waals surface area contributed by atoms with E-state index >= 15 is 0 Å². The van der Waals surface area contributed by atoms with Gasteiger partial charge in [-0.05, 0) is 12.8 Å². The molecule has 4 nitrogen and oxygen atoms in total. The summed E-state index contributed by atoms with van der Waals surface area (Å²) in [5, 5.41) is 3.26. The number of carbonyl (C=O) groups is 1. The molecule has 88 valence electrons. The Morgan fingerprint density at radius 3 is 2.20 bits per heavy atom. The molecular weight excluding hydrogens is 190 g/mol. The first-order valence-electron chi connectivity index (χ1n) is 6.04. The molecule has 0 unspecified atom stereocenters. The molecule has 1 fully saturated rings. The van der Waals surface area contributed by atoms with Crippen LogP contribution in [0.5, 0.6) is 0 Å². The van der Waals surface area contributed by atoms with Crippen LogP contribution in [0.15, 0.2) is 0 Å². The first kappa shape index (κ1) is 12.3. The number of nitrogens with zero attached hydrogens (tertiary/aromatic N) is 2. The molecule has 4 heteroatoms. The molecule has 15 heavy (non-hydrogen) atoms. The van der Waals surface area contributed by atoms with Gasteiger partial charge in [0.25, 0.3) is 0 Å². The minimum atomic E-state index is 0.222. The molecule has 1 saturated heterocycles. The summed E-state index contributed by atoms with van der Waals surface area (Å²) in [5.74, 6) is 0. The zero-order valence-electron chi connectivity index (χ0n) is 9.96. The van der Waals surface area contributed by atoms with E-state index in [2.05, 4.69) is 19.2 Å². The molecule has 1 N–H and O–H groups in total. The fourth-order valence-electron chi connectivity index (χ4n) is 1.90. The Morgan fingerprint density at radius 2 is 1.73 bits per heavy atom. The van der Waals surface area contributed by atoms with Crippen molar-refractivity contribution >= 4 is 6.03 Å². The predicted molar refractivity (Wildman–Crippen MR) is 62.0 cm³/mol. The fraction of sp³-hybridized carbons (Fsp3) is 0.909. The van der Waals surface area contributed by atoms with E-state index in [0.717, 1.165) is 52.1 Å². The van der Waals surface area contributed by atoms with Gasteiger partial charge in [0.1, 0.15) is 0 Å². The van der Waals surface area contributed by atoms with Gasteiger partial charge in [-0.3, -0.25) is 0 Å². The molecule has 0 saturated carbocycles. The maximum absolute atomic E-state index is 12.1. The third-order valence-corrected chi connectivity index (χ3v) is 2.65. The highest BCUT2D eigenvalue weighted by molar-refractivity contribution is 5.74. The quantitative estimate of drug-likeness (QED) is 0.760. The smallest absolute Gasteiger partial charge is 0.320 e. The van der Waals surface area contributed by atoms with Crippen molar-refractivity contribution < 1.29 is 4.79 Å². The van der Waals surface area contributed by atoms with E-state index < -0.39 is 0 Å². The number of piperazine rings is 1. The van der Waals surface area contributed by atoms with Gasteiger partial charge in [0.15, 0.2) is 0 Å². The number of nitrogens with one attached hydrogen (secondary N) is 1. The van der Waals surface area contributed by atoms with E-state index in [9.17, 15) is 4.79 Å². The Morgan fingerprint density at radius 1 is 1.20 bits per heavy atom. The largest absolute Gasteiger partial charge is 0.325 e. The Kier molecular flexibility index (Phi) is 5.47. The second-order valence-corrected chi connectivity index (χ2v) is 4.01. The Hall–Kier alpha value is -0.770. The normalized spacial score (nSPS) is 16.5. The lowest BCUT2D eigenvalue weighted by Crippen LogP contribution is -2.51. The van der Waals surface area contributed by atoms with Gasteiger partial charge >= 0.3 is 6.03 Å². The van der Waals surface area contributed by atoms with Gasteiger partial charge in [-0.1, -0.05) is 13.8 Å². The third kappa shape index (κ3) is 3.70. The molecule has 1 rings (SSSR count). The van der Waals surface area contributed by atoms with Crippen molar-refractivity contribution in [2.75, 3.05) is 39.3 Å². The second-order valence-electron chi connectivity index (χ2n) is 4.01. The number of rotatable bonds is 4. The summed E-state index contributed by atoms with van der Waals surface area (Å²) in [7, 11) is 0. The minimum absolute atomic E-state index is 0.222. The van der Waals surface area contributed by atoms with Crippen molar-refractivity contribution in [1.29, 1.82) is 0 Å². The summed E-state index contributed by atoms with van der Waals surface area (Å²) in [4.78, 5) is 16.0. The topological polar surface area (TPSA) is 35.6 Å². The highest BCUT2D eigenvalue weighted by atomic mass is 16.2. The number of carbonyl (C=O) groups excluding carboxylic acids is 1. The van der Waals surface area contributed by atoms with E-state index in [4.69, 9.17) is 0 Å². The van der Waals surface area contributed by atoms with Crippen LogP contribution < -0.4 is 5.32 Å². The van der Waals surface area contributed by atoms with Crippen LogP contribution >= 0.6 is 0 Å². The highest BCUT2D eigenvalue weighted by Gasteiger charge is 2.20. The molecule has 0 aromatic carbocycles. The van der Waals surface area contributed by atoms with Crippen molar-refractivity contribution in [2.24, 2.45) is 0 Å². The molecule has 0 radical (unpaired) electrons. The average molecular weight is 213 g/mol. The van der Waals surface area contributed by atoms with Crippen LogP contribution in [0.2, 0.25) is 0 Å². The first-order valence-corrected chi connectivity index (χ1v) is 6.04. The maximum atomic E-state index is 12.1. The fourth-order valence-corrected chi connectivity index (χ4v) is 1.90. The highest BCUT2D eigenvalue weighted by Crippen LogP contribution is 2.03. The standard InChI is InChI=1S/C11H23N3O/c1-3-7-13(8-4-2)11(15)14-9-5-12-6-10-14/h12H,3-10H2,1-2H3. The SMILES string of the molecule is CCCN(CCC)C(=O)N1CCNCC1. The van der Waals surface area contributed by atoms with Crippen LogP contribution in [0.25, 0.3) is 0 Å². The minimum Gasteiger partial charge on any atom is -0.325 e.